The van der Waals surface area contributed by atoms with Crippen molar-refractivity contribution in [1.29, 1.82) is 0 Å². The summed E-state index contributed by atoms with van der Waals surface area (Å²) < 4.78 is 45.1. The van der Waals surface area contributed by atoms with Crippen molar-refractivity contribution >= 4 is 44.4 Å². The molecule has 33 heavy (non-hydrogen) atoms. The van der Waals surface area contributed by atoms with Gasteiger partial charge < -0.3 is 10.1 Å². The van der Waals surface area contributed by atoms with Gasteiger partial charge in [0.1, 0.15) is 27.7 Å². The number of sulfonamides is 1. The van der Waals surface area contributed by atoms with Crippen LogP contribution in [0.2, 0.25) is 0 Å². The fourth-order valence-electron chi connectivity index (χ4n) is 4.82. The topological polar surface area (TPSA) is 128 Å². The number of methoxy groups -OCH3 is 1. The number of rotatable bonds is 3. The fraction of sp³-hybridized carbons (Fsp3) is 0.381. The Balaban J connectivity index is 1.59. The van der Waals surface area contributed by atoms with E-state index in [4.69, 9.17) is 14.9 Å². The minimum Gasteiger partial charge on any atom is -0.481 e. The maximum absolute atomic E-state index is 14.3. The molecule has 10 nitrogen and oxygen atoms in total. The molecule has 1 spiro atoms. The van der Waals surface area contributed by atoms with Crippen LogP contribution in [-0.4, -0.2) is 43.0 Å². The van der Waals surface area contributed by atoms with Gasteiger partial charge in [-0.1, -0.05) is 19.3 Å². The maximum Gasteiger partial charge on any atom is 0.240 e. The first-order valence-electron chi connectivity index (χ1n) is 10.6. The number of halogens is 1. The average molecular weight is 474 g/mol. The van der Waals surface area contributed by atoms with E-state index in [2.05, 4.69) is 20.0 Å². The van der Waals surface area contributed by atoms with Crippen molar-refractivity contribution in [2.24, 2.45) is 10.2 Å². The van der Waals surface area contributed by atoms with Gasteiger partial charge in [0.2, 0.25) is 21.9 Å². The molecule has 3 aromatic rings. The molecule has 1 fully saturated rings. The molecule has 1 aromatic carbocycles. The second kappa shape index (κ2) is 7.66. The number of hydrazone groups is 1. The third-order valence-electron chi connectivity index (χ3n) is 6.29. The normalized spacial score (nSPS) is 17.7. The molecule has 0 atom stereocenters. The minimum atomic E-state index is -4.15. The summed E-state index contributed by atoms with van der Waals surface area (Å²) in [6.45, 7) is 0. The van der Waals surface area contributed by atoms with E-state index >= 15 is 0 Å². The SMILES string of the molecule is COC1=NN(C)c2cc3cnc(Nc4ccc(S(N)(=O)=O)c(F)c4)nc3n2C12CCCCC2. The molecular formula is C21H24FN7O3S. The largest absolute Gasteiger partial charge is 0.481 e. The van der Waals surface area contributed by atoms with Crippen LogP contribution in [0.25, 0.3) is 11.0 Å². The number of primary sulfonamides is 1. The molecule has 0 bridgehead atoms. The van der Waals surface area contributed by atoms with Gasteiger partial charge in [0, 0.05) is 24.3 Å². The van der Waals surface area contributed by atoms with Crippen molar-refractivity contribution in [3.8, 4) is 0 Å². The van der Waals surface area contributed by atoms with Gasteiger partial charge in [0.25, 0.3) is 0 Å². The highest BCUT2D eigenvalue weighted by atomic mass is 32.2. The smallest absolute Gasteiger partial charge is 0.240 e. The molecule has 5 rings (SSSR count). The Hall–Kier alpha value is -3.25. The fourth-order valence-corrected chi connectivity index (χ4v) is 5.40. The Bertz CT molecular complexity index is 1380. The first-order valence-corrected chi connectivity index (χ1v) is 12.1. The first kappa shape index (κ1) is 21.6. The summed E-state index contributed by atoms with van der Waals surface area (Å²) >= 11 is 0. The van der Waals surface area contributed by atoms with E-state index in [0.29, 0.717) is 17.2 Å². The van der Waals surface area contributed by atoms with Crippen molar-refractivity contribution in [1.82, 2.24) is 14.5 Å². The molecule has 3 N–H and O–H groups in total. The predicted molar refractivity (Wildman–Crippen MR) is 122 cm³/mol. The lowest BCUT2D eigenvalue weighted by Crippen LogP contribution is -2.49. The highest BCUT2D eigenvalue weighted by Crippen LogP contribution is 2.45. The quantitative estimate of drug-likeness (QED) is 0.598. The standard InChI is InChI=1S/C21H24FN7O3S/c1-28-17-10-13-12-24-20(25-14-6-7-16(15(22)11-14)33(23,30)31)26-18(13)29(17)21(19(27-28)32-2)8-4-3-5-9-21/h6-7,10-12H,3-5,8-9H2,1-2H3,(H2,23,30,31)(H,24,25,26). The highest BCUT2D eigenvalue weighted by molar-refractivity contribution is 7.89. The third kappa shape index (κ3) is 3.49. The molecule has 1 aliphatic carbocycles. The molecule has 0 amide bonds. The second-order valence-electron chi connectivity index (χ2n) is 8.35. The summed E-state index contributed by atoms with van der Waals surface area (Å²) in [7, 11) is -0.645. The van der Waals surface area contributed by atoms with Gasteiger partial charge in [-0.2, -0.15) is 4.98 Å². The number of ether oxygens (including phenoxy) is 1. The number of hydrogen-bond donors (Lipinski definition) is 2. The van der Waals surface area contributed by atoms with E-state index in [0.717, 1.165) is 55.4 Å². The molecular weight excluding hydrogens is 449 g/mol. The van der Waals surface area contributed by atoms with E-state index in [1.165, 1.54) is 6.07 Å². The van der Waals surface area contributed by atoms with Crippen LogP contribution in [0.15, 0.2) is 40.5 Å². The van der Waals surface area contributed by atoms with Gasteiger partial charge in [-0.3, -0.25) is 4.57 Å². The van der Waals surface area contributed by atoms with Crippen molar-refractivity contribution in [2.75, 3.05) is 24.5 Å². The Morgan fingerprint density at radius 2 is 1.97 bits per heavy atom. The number of fused-ring (bicyclic) bond motifs is 4. The number of anilines is 3. The summed E-state index contributed by atoms with van der Waals surface area (Å²) in [5, 5.41) is 15.3. The number of nitrogens with zero attached hydrogens (tertiary/aromatic N) is 5. The first-order chi connectivity index (χ1) is 15.7. The van der Waals surface area contributed by atoms with Crippen LogP contribution in [-0.2, 0) is 20.3 Å². The van der Waals surface area contributed by atoms with Crippen molar-refractivity contribution in [3.63, 3.8) is 0 Å². The summed E-state index contributed by atoms with van der Waals surface area (Å²) in [5.41, 5.74) is 0.585. The highest BCUT2D eigenvalue weighted by Gasteiger charge is 2.46. The van der Waals surface area contributed by atoms with E-state index in [1.54, 1.807) is 18.3 Å². The van der Waals surface area contributed by atoms with Gasteiger partial charge in [-0.15, -0.1) is 5.10 Å². The lowest BCUT2D eigenvalue weighted by Gasteiger charge is -2.43. The number of benzene rings is 1. The Morgan fingerprint density at radius 3 is 2.64 bits per heavy atom. The van der Waals surface area contributed by atoms with Gasteiger partial charge in [-0.25, -0.2) is 27.9 Å². The zero-order chi connectivity index (χ0) is 23.4. The number of hydrogen-bond acceptors (Lipinski definition) is 8. The van der Waals surface area contributed by atoms with Gasteiger partial charge in [0.15, 0.2) is 0 Å². The Labute approximate surface area is 190 Å². The predicted octanol–water partition coefficient (Wildman–Crippen LogP) is 3.03. The monoisotopic (exact) mass is 473 g/mol. The molecule has 12 heteroatoms. The Morgan fingerprint density at radius 1 is 1.21 bits per heavy atom. The number of aromatic nitrogens is 3. The van der Waals surface area contributed by atoms with Gasteiger partial charge in [0.05, 0.1) is 7.11 Å². The van der Waals surface area contributed by atoms with E-state index in [-0.39, 0.29) is 5.95 Å². The summed E-state index contributed by atoms with van der Waals surface area (Å²) in [6.07, 6.45) is 6.73. The van der Waals surface area contributed by atoms with Crippen LogP contribution in [0.3, 0.4) is 0 Å². The van der Waals surface area contributed by atoms with Crippen LogP contribution < -0.4 is 15.5 Å². The van der Waals surface area contributed by atoms with Crippen molar-refractivity contribution in [2.45, 2.75) is 42.5 Å². The summed E-state index contributed by atoms with van der Waals surface area (Å²) in [6, 6.07) is 5.56. The zero-order valence-electron chi connectivity index (χ0n) is 18.2. The molecule has 0 radical (unpaired) electrons. The van der Waals surface area contributed by atoms with Crippen molar-refractivity contribution in [3.05, 3.63) is 36.3 Å². The van der Waals surface area contributed by atoms with Crippen LogP contribution in [0.5, 0.6) is 0 Å². The van der Waals surface area contributed by atoms with Crippen molar-refractivity contribution < 1.29 is 17.5 Å². The Kier molecular flexibility index (Phi) is 5.01. The molecule has 2 aromatic heterocycles. The molecule has 0 saturated heterocycles. The lowest BCUT2D eigenvalue weighted by molar-refractivity contribution is 0.222. The molecule has 3 heterocycles. The van der Waals surface area contributed by atoms with E-state index in [1.807, 2.05) is 13.1 Å². The van der Waals surface area contributed by atoms with Gasteiger partial charge >= 0.3 is 0 Å². The van der Waals surface area contributed by atoms with Gasteiger partial charge in [-0.05, 0) is 37.1 Å². The minimum absolute atomic E-state index is 0.251. The summed E-state index contributed by atoms with van der Waals surface area (Å²) in [4.78, 5) is 8.52. The van der Waals surface area contributed by atoms with E-state index in [9.17, 15) is 12.8 Å². The summed E-state index contributed by atoms with van der Waals surface area (Å²) in [5.74, 6) is 0.847. The molecule has 1 aliphatic heterocycles. The number of nitrogens with two attached hydrogens (primary N) is 1. The molecule has 174 valence electrons. The molecule has 0 unspecified atom stereocenters. The maximum atomic E-state index is 14.3. The van der Waals surface area contributed by atoms with Crippen LogP contribution in [0.1, 0.15) is 32.1 Å². The lowest BCUT2D eigenvalue weighted by atomic mass is 9.80. The number of nitrogens with one attached hydrogen (secondary N) is 1. The van der Waals surface area contributed by atoms with Crippen LogP contribution >= 0.6 is 0 Å². The zero-order valence-corrected chi connectivity index (χ0v) is 19.1. The third-order valence-corrected chi connectivity index (χ3v) is 7.23. The second-order valence-corrected chi connectivity index (χ2v) is 9.88. The van der Waals surface area contributed by atoms with Crippen LogP contribution in [0.4, 0.5) is 21.8 Å². The molecule has 1 saturated carbocycles. The molecule has 2 aliphatic rings. The van der Waals surface area contributed by atoms with E-state index < -0.39 is 26.3 Å². The average Bonchev–Trinajstić information content (AvgIpc) is 3.16. The van der Waals surface area contributed by atoms with Crippen LogP contribution in [0, 0.1) is 5.82 Å².